The summed E-state index contributed by atoms with van der Waals surface area (Å²) in [6.07, 6.45) is 5.96. The molecule has 4 aromatic rings. The van der Waals surface area contributed by atoms with Gasteiger partial charge in [0.25, 0.3) is 11.4 Å². The van der Waals surface area contributed by atoms with Gasteiger partial charge in [0.1, 0.15) is 0 Å². The number of nitrogens with zero attached hydrogens (tertiary/aromatic N) is 4. The van der Waals surface area contributed by atoms with E-state index in [0.717, 1.165) is 22.9 Å². The van der Waals surface area contributed by atoms with Crippen LogP contribution in [0.25, 0.3) is 34.4 Å². The van der Waals surface area contributed by atoms with Crippen molar-refractivity contribution in [3.8, 4) is 22.3 Å². The predicted octanol–water partition coefficient (Wildman–Crippen LogP) is 7.63. The molecule has 4 aromatic carbocycles. The number of morpholine rings is 2. The van der Waals surface area contributed by atoms with Crippen LogP contribution >= 0.6 is 11.8 Å². The normalized spacial score (nSPS) is 17.2. The van der Waals surface area contributed by atoms with Crippen LogP contribution in [0.15, 0.2) is 94.7 Å². The topological polar surface area (TPSA) is 197 Å². The minimum absolute atomic E-state index is 0.0224. The highest BCUT2D eigenvalue weighted by molar-refractivity contribution is 7.99. The number of carbonyl (C=O) groups excluding carboxylic acids is 2. The van der Waals surface area contributed by atoms with E-state index in [-0.39, 0.29) is 81.1 Å². The van der Waals surface area contributed by atoms with E-state index in [4.69, 9.17) is 20.9 Å². The number of nitro groups is 2. The molecule has 14 nitrogen and oxygen atoms in total. The lowest BCUT2D eigenvalue weighted by molar-refractivity contribution is -0.387. The summed E-state index contributed by atoms with van der Waals surface area (Å²) in [5.74, 6) is -0.641. The number of amides is 2. The molecule has 2 aliphatic rings. The summed E-state index contributed by atoms with van der Waals surface area (Å²) in [5.41, 5.74) is 15.7. The molecule has 2 aliphatic heterocycles. The largest absolute Gasteiger partial charge is 0.377 e. The zero-order chi connectivity index (χ0) is 43.8. The first kappa shape index (κ1) is 44.8. The van der Waals surface area contributed by atoms with Gasteiger partial charge < -0.3 is 30.7 Å². The van der Waals surface area contributed by atoms with E-state index < -0.39 is 9.85 Å². The van der Waals surface area contributed by atoms with Crippen LogP contribution in [-0.4, -0.2) is 96.2 Å². The van der Waals surface area contributed by atoms with Crippen molar-refractivity contribution in [3.05, 3.63) is 127 Å². The quantitative estimate of drug-likeness (QED) is 0.0719. The molecule has 2 unspecified atom stereocenters. The molecule has 15 heteroatoms. The van der Waals surface area contributed by atoms with Gasteiger partial charge in [-0.3, -0.25) is 29.8 Å². The Morgan fingerprint density at radius 2 is 1.08 bits per heavy atom. The molecule has 2 heterocycles. The molecular formula is C46H52N6O8S. The summed E-state index contributed by atoms with van der Waals surface area (Å²) in [5, 5.41) is 26.8. The summed E-state index contributed by atoms with van der Waals surface area (Å²) < 4.78 is 11.0. The third-order valence-electron chi connectivity index (χ3n) is 11.0. The van der Waals surface area contributed by atoms with E-state index in [1.807, 2.05) is 64.1 Å². The molecule has 0 bridgehead atoms. The van der Waals surface area contributed by atoms with Crippen LogP contribution in [0.1, 0.15) is 61.8 Å². The highest BCUT2D eigenvalue weighted by atomic mass is 32.2. The maximum Gasteiger partial charge on any atom is 0.291 e. The Bertz CT molecular complexity index is 2190. The second-order valence-corrected chi connectivity index (χ2v) is 16.6. The molecule has 0 spiro atoms. The molecular weight excluding hydrogens is 797 g/mol. The van der Waals surface area contributed by atoms with E-state index in [1.165, 1.54) is 12.2 Å². The summed E-state index contributed by atoms with van der Waals surface area (Å²) in [6, 6.07) is 20.7. The molecule has 2 saturated heterocycles. The van der Waals surface area contributed by atoms with Gasteiger partial charge >= 0.3 is 0 Å². The highest BCUT2D eigenvalue weighted by Crippen LogP contribution is 2.50. The van der Waals surface area contributed by atoms with Crippen LogP contribution in [0.3, 0.4) is 0 Å². The van der Waals surface area contributed by atoms with Gasteiger partial charge in [0.15, 0.2) is 0 Å². The monoisotopic (exact) mass is 848 g/mol. The SMILES string of the molecule is CC(C)c1ccccc1-c1c(C=CC(=O)N2CCOCC2CN)ccc(Sc2ccc(C=CC(=O)N3CCOCC3CN)c(-c3ccccc3C(C)C)c2[N+](=O)[O-])c1[N+](=O)[O-]. The smallest absolute Gasteiger partial charge is 0.291 e. The molecule has 2 fully saturated rings. The van der Waals surface area contributed by atoms with Gasteiger partial charge in [0.2, 0.25) is 11.8 Å². The molecule has 0 aromatic heterocycles. The Hall–Kier alpha value is -5.71. The Morgan fingerprint density at radius 3 is 1.44 bits per heavy atom. The molecule has 61 heavy (non-hydrogen) atoms. The van der Waals surface area contributed by atoms with Crippen molar-refractivity contribution in [2.24, 2.45) is 11.5 Å². The second kappa shape index (κ2) is 20.2. The van der Waals surface area contributed by atoms with Crippen LogP contribution in [0.5, 0.6) is 0 Å². The van der Waals surface area contributed by atoms with Gasteiger partial charge in [-0.2, -0.15) is 0 Å². The lowest BCUT2D eigenvalue weighted by Gasteiger charge is -2.34. The number of ether oxygens (including phenoxy) is 2. The fourth-order valence-corrected chi connectivity index (χ4v) is 8.97. The molecule has 0 saturated carbocycles. The fraction of sp³-hybridized carbons (Fsp3) is 0.348. The summed E-state index contributed by atoms with van der Waals surface area (Å²) in [4.78, 5) is 56.5. The van der Waals surface area contributed by atoms with E-state index >= 15 is 0 Å². The molecule has 0 aliphatic carbocycles. The van der Waals surface area contributed by atoms with E-state index in [0.29, 0.717) is 61.8 Å². The average molecular weight is 849 g/mol. The third-order valence-corrected chi connectivity index (χ3v) is 12.1. The van der Waals surface area contributed by atoms with Gasteiger partial charge in [-0.25, -0.2) is 0 Å². The van der Waals surface area contributed by atoms with Crippen LogP contribution < -0.4 is 11.5 Å². The molecule has 0 radical (unpaired) electrons. The maximum atomic E-state index is 13.5. The van der Waals surface area contributed by atoms with E-state index in [9.17, 15) is 29.8 Å². The molecule has 320 valence electrons. The standard InChI is InChI=1S/C46H52N6O8S/c1-29(2)35-9-5-7-11-37(35)43-31(15-19-41(53)49-21-23-59-27-33(49)25-47)13-17-39(45(43)51(55)56)61-40-18-14-32(16-20-42(54)50-22-24-60-28-34(50)26-48)44(46(40)52(57)58)38-12-8-6-10-36(38)30(3)4/h5-20,29-30,33-34H,21-28,47-48H2,1-4H3. The van der Waals surface area contributed by atoms with Crippen LogP contribution in [-0.2, 0) is 19.1 Å². The Balaban J connectivity index is 1.53. The predicted molar refractivity (Wildman–Crippen MR) is 238 cm³/mol. The summed E-state index contributed by atoms with van der Waals surface area (Å²) in [7, 11) is 0. The minimum Gasteiger partial charge on any atom is -0.377 e. The molecule has 2 amide bonds. The highest BCUT2D eigenvalue weighted by Gasteiger charge is 2.32. The zero-order valence-corrected chi connectivity index (χ0v) is 35.6. The van der Waals surface area contributed by atoms with Gasteiger partial charge in [-0.1, -0.05) is 100 Å². The number of hydrogen-bond donors (Lipinski definition) is 2. The number of hydrogen-bond acceptors (Lipinski definition) is 11. The van der Waals surface area contributed by atoms with Crippen molar-refractivity contribution in [3.63, 3.8) is 0 Å². The maximum absolute atomic E-state index is 13.5. The first-order chi connectivity index (χ1) is 29.4. The third kappa shape index (κ3) is 9.93. The van der Waals surface area contributed by atoms with E-state index in [2.05, 4.69) is 0 Å². The number of carbonyl (C=O) groups is 2. The first-order valence-electron chi connectivity index (χ1n) is 20.4. The van der Waals surface area contributed by atoms with Crippen molar-refractivity contribution >= 4 is 47.1 Å². The van der Waals surface area contributed by atoms with Crippen LogP contribution in [0.2, 0.25) is 0 Å². The second-order valence-electron chi connectivity index (χ2n) is 15.5. The molecule has 6 rings (SSSR count). The number of nitro benzene ring substituents is 2. The van der Waals surface area contributed by atoms with Gasteiger partial charge in [0, 0.05) is 38.3 Å². The minimum atomic E-state index is -0.468. The van der Waals surface area contributed by atoms with Crippen molar-refractivity contribution in [1.29, 1.82) is 0 Å². The van der Waals surface area contributed by atoms with Crippen molar-refractivity contribution in [2.75, 3.05) is 52.6 Å². The van der Waals surface area contributed by atoms with Gasteiger partial charge in [-0.05, 0) is 69.5 Å². The van der Waals surface area contributed by atoms with Crippen LogP contribution in [0, 0.1) is 20.2 Å². The van der Waals surface area contributed by atoms with Crippen molar-refractivity contribution in [2.45, 2.75) is 61.4 Å². The molecule has 4 N–H and O–H groups in total. The van der Waals surface area contributed by atoms with Gasteiger partial charge in [-0.15, -0.1) is 0 Å². The van der Waals surface area contributed by atoms with Gasteiger partial charge in [0.05, 0.1) is 69.3 Å². The van der Waals surface area contributed by atoms with Crippen LogP contribution in [0.4, 0.5) is 11.4 Å². The number of rotatable bonds is 14. The van der Waals surface area contributed by atoms with Crippen molar-refractivity contribution in [1.82, 2.24) is 9.80 Å². The number of benzene rings is 4. The zero-order valence-electron chi connectivity index (χ0n) is 34.8. The molecule has 2 atom stereocenters. The Kier molecular flexibility index (Phi) is 14.9. The lowest BCUT2D eigenvalue weighted by atomic mass is 9.89. The Morgan fingerprint density at radius 1 is 0.689 bits per heavy atom. The van der Waals surface area contributed by atoms with Crippen molar-refractivity contribution < 1.29 is 28.9 Å². The average Bonchev–Trinajstić information content (AvgIpc) is 3.27. The number of nitrogens with two attached hydrogens (primary N) is 2. The first-order valence-corrected chi connectivity index (χ1v) is 21.2. The lowest BCUT2D eigenvalue weighted by Crippen LogP contribution is -2.51. The summed E-state index contributed by atoms with van der Waals surface area (Å²) >= 11 is 0.924. The Labute approximate surface area is 359 Å². The summed E-state index contributed by atoms with van der Waals surface area (Å²) in [6.45, 7) is 10.5. The fourth-order valence-electron chi connectivity index (χ4n) is 7.92. The van der Waals surface area contributed by atoms with E-state index in [1.54, 1.807) is 58.4 Å².